The first kappa shape index (κ1) is 18.8. The molecule has 3 nitrogen and oxygen atoms in total. The summed E-state index contributed by atoms with van der Waals surface area (Å²) >= 11 is 0. The van der Waals surface area contributed by atoms with E-state index in [9.17, 15) is 4.79 Å². The molecule has 3 aromatic rings. The Balaban J connectivity index is 1.74. The van der Waals surface area contributed by atoms with Gasteiger partial charge in [-0.2, -0.15) is 0 Å². The summed E-state index contributed by atoms with van der Waals surface area (Å²) < 4.78 is 6.05. The lowest BCUT2D eigenvalue weighted by molar-refractivity contribution is -0.153. The van der Waals surface area contributed by atoms with Crippen molar-refractivity contribution in [2.75, 3.05) is 0 Å². The lowest BCUT2D eigenvalue weighted by Gasteiger charge is -2.43. The summed E-state index contributed by atoms with van der Waals surface area (Å²) in [6.45, 7) is 1.91. The minimum Gasteiger partial charge on any atom is -0.478 e. The van der Waals surface area contributed by atoms with E-state index in [-0.39, 0.29) is 11.9 Å². The molecule has 0 aromatic heterocycles. The van der Waals surface area contributed by atoms with Gasteiger partial charge in [0.05, 0.1) is 0 Å². The van der Waals surface area contributed by atoms with Crippen molar-refractivity contribution in [3.63, 3.8) is 0 Å². The number of rotatable bonds is 6. The average Bonchev–Trinajstić information content (AvgIpc) is 2.79. The molecule has 0 spiro atoms. The molecule has 144 valence electrons. The van der Waals surface area contributed by atoms with Crippen molar-refractivity contribution in [1.29, 1.82) is 0 Å². The molecule has 1 fully saturated rings. The summed E-state index contributed by atoms with van der Waals surface area (Å²) in [5, 5.41) is 0. The van der Waals surface area contributed by atoms with E-state index in [1.165, 1.54) is 0 Å². The molecule has 1 aliphatic rings. The van der Waals surface area contributed by atoms with Crippen LogP contribution in [0.25, 0.3) is 5.57 Å². The van der Waals surface area contributed by atoms with Crippen molar-refractivity contribution >= 4 is 11.5 Å². The van der Waals surface area contributed by atoms with Crippen LogP contribution in [0, 0.1) is 0 Å². The van der Waals surface area contributed by atoms with Gasteiger partial charge in [0, 0.05) is 6.20 Å². The van der Waals surface area contributed by atoms with Crippen LogP contribution in [-0.2, 0) is 4.79 Å². The number of ether oxygens (including phenoxy) is 1. The molecule has 0 radical (unpaired) electrons. The van der Waals surface area contributed by atoms with Crippen LogP contribution in [0.2, 0.25) is 0 Å². The summed E-state index contributed by atoms with van der Waals surface area (Å²) in [4.78, 5) is 14.5. The Hall–Kier alpha value is -3.59. The highest BCUT2D eigenvalue weighted by Gasteiger charge is 2.47. The fourth-order valence-corrected chi connectivity index (χ4v) is 3.54. The van der Waals surface area contributed by atoms with E-state index in [1.54, 1.807) is 4.90 Å². The van der Waals surface area contributed by atoms with Gasteiger partial charge in [-0.3, -0.25) is 4.79 Å². The molecule has 29 heavy (non-hydrogen) atoms. The Bertz CT molecular complexity index is 969. The quantitative estimate of drug-likeness (QED) is 0.542. The normalized spacial score (nSPS) is 18.4. The minimum absolute atomic E-state index is 0.0336. The maximum Gasteiger partial charge on any atom is 0.270 e. The van der Waals surface area contributed by atoms with Crippen molar-refractivity contribution in [3.05, 3.63) is 120 Å². The van der Waals surface area contributed by atoms with Gasteiger partial charge in [0.15, 0.2) is 0 Å². The number of carbonyl (C=O) groups is 1. The Morgan fingerprint density at radius 3 is 1.86 bits per heavy atom. The van der Waals surface area contributed by atoms with Crippen LogP contribution in [0.5, 0.6) is 5.75 Å². The molecule has 2 atom stereocenters. The van der Waals surface area contributed by atoms with Gasteiger partial charge in [-0.25, -0.2) is 0 Å². The third kappa shape index (κ3) is 3.99. The van der Waals surface area contributed by atoms with Gasteiger partial charge in [-0.15, -0.1) is 0 Å². The van der Waals surface area contributed by atoms with Crippen LogP contribution in [0.15, 0.2) is 109 Å². The number of likely N-dealkylation sites (tertiary alicyclic amines) is 1. The van der Waals surface area contributed by atoms with Crippen molar-refractivity contribution in [2.45, 2.75) is 19.1 Å². The van der Waals surface area contributed by atoms with Crippen molar-refractivity contribution in [1.82, 2.24) is 4.90 Å². The van der Waals surface area contributed by atoms with Crippen molar-refractivity contribution in [3.8, 4) is 5.75 Å². The molecule has 0 bridgehead atoms. The smallest absolute Gasteiger partial charge is 0.270 e. The summed E-state index contributed by atoms with van der Waals surface area (Å²) in [5.74, 6) is 0.666. The maximum atomic E-state index is 12.7. The SMILES string of the molecule is C/C=C\N1C(=O)[C@@H](Oc2ccccc2)[C@H]1C=C(c1ccccc1)c1ccccc1. The van der Waals surface area contributed by atoms with Crippen LogP contribution < -0.4 is 4.74 Å². The van der Waals surface area contributed by atoms with Crippen LogP contribution in [0.4, 0.5) is 0 Å². The summed E-state index contributed by atoms with van der Waals surface area (Å²) in [6.07, 6.45) is 5.29. The molecule has 1 aliphatic heterocycles. The fourth-order valence-electron chi connectivity index (χ4n) is 3.54. The zero-order valence-corrected chi connectivity index (χ0v) is 16.3. The molecule has 1 saturated heterocycles. The highest BCUT2D eigenvalue weighted by molar-refractivity contribution is 5.92. The lowest BCUT2D eigenvalue weighted by Crippen LogP contribution is -2.63. The molecule has 0 aliphatic carbocycles. The molecule has 3 aromatic carbocycles. The van der Waals surface area contributed by atoms with Gasteiger partial charge in [-0.1, -0.05) is 84.9 Å². The molecular formula is C26H23NO2. The maximum absolute atomic E-state index is 12.7. The van der Waals surface area contributed by atoms with E-state index >= 15 is 0 Å². The first-order valence-electron chi connectivity index (χ1n) is 9.77. The number of carbonyl (C=O) groups excluding carboxylic acids is 1. The highest BCUT2D eigenvalue weighted by atomic mass is 16.5. The second-order valence-electron chi connectivity index (χ2n) is 6.88. The second kappa shape index (κ2) is 8.61. The van der Waals surface area contributed by atoms with E-state index in [0.29, 0.717) is 5.75 Å². The van der Waals surface area contributed by atoms with E-state index in [0.717, 1.165) is 16.7 Å². The number of para-hydroxylation sites is 1. The second-order valence-corrected chi connectivity index (χ2v) is 6.88. The van der Waals surface area contributed by atoms with Gasteiger partial charge < -0.3 is 9.64 Å². The molecular weight excluding hydrogens is 358 g/mol. The fraction of sp³-hybridized carbons (Fsp3) is 0.115. The van der Waals surface area contributed by atoms with Gasteiger partial charge >= 0.3 is 0 Å². The molecule has 3 heteroatoms. The van der Waals surface area contributed by atoms with Crippen LogP contribution in [-0.4, -0.2) is 23.0 Å². The largest absolute Gasteiger partial charge is 0.478 e. The van der Waals surface area contributed by atoms with Gasteiger partial charge in [0.1, 0.15) is 11.8 Å². The number of benzene rings is 3. The third-order valence-corrected chi connectivity index (χ3v) is 4.95. The summed E-state index contributed by atoms with van der Waals surface area (Å²) in [7, 11) is 0. The highest BCUT2D eigenvalue weighted by Crippen LogP contribution is 2.32. The van der Waals surface area contributed by atoms with Gasteiger partial charge in [0.2, 0.25) is 6.10 Å². The predicted molar refractivity (Wildman–Crippen MR) is 116 cm³/mol. The monoisotopic (exact) mass is 381 g/mol. The Labute approximate surface area is 171 Å². The van der Waals surface area contributed by atoms with Crippen LogP contribution in [0.1, 0.15) is 18.1 Å². The Morgan fingerprint density at radius 1 is 0.828 bits per heavy atom. The van der Waals surface area contributed by atoms with E-state index in [1.807, 2.05) is 85.9 Å². The Morgan fingerprint density at radius 2 is 1.34 bits per heavy atom. The molecule has 1 heterocycles. The number of allylic oxidation sites excluding steroid dienone is 1. The summed E-state index contributed by atoms with van der Waals surface area (Å²) in [5.41, 5.74) is 3.30. The number of amides is 1. The van der Waals surface area contributed by atoms with Crippen molar-refractivity contribution in [2.24, 2.45) is 0 Å². The average molecular weight is 381 g/mol. The number of β-lactam (4-membered cyclic amide) rings is 1. The van der Waals surface area contributed by atoms with E-state index in [4.69, 9.17) is 4.74 Å². The van der Waals surface area contributed by atoms with Gasteiger partial charge in [0.25, 0.3) is 5.91 Å². The molecule has 1 amide bonds. The van der Waals surface area contributed by atoms with Gasteiger partial charge in [-0.05, 0) is 41.8 Å². The number of nitrogens with zero attached hydrogens (tertiary/aromatic N) is 1. The zero-order valence-electron chi connectivity index (χ0n) is 16.3. The Kier molecular flexibility index (Phi) is 5.57. The van der Waals surface area contributed by atoms with Crippen molar-refractivity contribution < 1.29 is 9.53 Å². The minimum atomic E-state index is -0.545. The molecule has 0 N–H and O–H groups in total. The lowest BCUT2D eigenvalue weighted by atomic mass is 9.90. The molecule has 0 saturated carbocycles. The molecule has 0 unspecified atom stereocenters. The standard InChI is InChI=1S/C26H23NO2/c1-2-18-27-24(25(26(27)28)29-22-16-10-5-11-17-22)19-23(20-12-6-3-7-13-20)21-14-8-4-9-15-21/h2-19,24-25H,1H3/b18-2-/t24-,25+/m1/s1. The predicted octanol–water partition coefficient (Wildman–Crippen LogP) is 5.31. The topological polar surface area (TPSA) is 29.5 Å². The molecule has 4 rings (SSSR count). The number of hydrogen-bond donors (Lipinski definition) is 0. The first-order chi connectivity index (χ1) is 14.3. The van der Waals surface area contributed by atoms with E-state index < -0.39 is 6.10 Å². The van der Waals surface area contributed by atoms with E-state index in [2.05, 4.69) is 30.3 Å². The summed E-state index contributed by atoms with van der Waals surface area (Å²) in [6, 6.07) is 29.8. The third-order valence-electron chi connectivity index (χ3n) is 4.95. The van der Waals surface area contributed by atoms with Crippen LogP contribution in [0.3, 0.4) is 0 Å². The van der Waals surface area contributed by atoms with Crippen LogP contribution >= 0.6 is 0 Å². The number of hydrogen-bond acceptors (Lipinski definition) is 2. The zero-order chi connectivity index (χ0) is 20.1. The first-order valence-corrected chi connectivity index (χ1v) is 9.77.